The Kier molecular flexibility index (Phi) is 3.22. The number of fused-ring (bicyclic) bond motifs is 1. The molecule has 0 unspecified atom stereocenters. The fraction of sp³-hybridized carbons (Fsp3) is 0.316. The van der Waals surface area contributed by atoms with Crippen LogP contribution >= 0.6 is 0 Å². The number of amidine groups is 1. The molecule has 3 heterocycles. The van der Waals surface area contributed by atoms with E-state index in [4.69, 9.17) is 13.1 Å². The third-order valence-corrected chi connectivity index (χ3v) is 4.34. The molecule has 0 fully saturated rings. The molecule has 1 aliphatic heterocycles. The van der Waals surface area contributed by atoms with Crippen molar-refractivity contribution in [3.05, 3.63) is 59.2 Å². The zero-order valence-electron chi connectivity index (χ0n) is 21.3. The van der Waals surface area contributed by atoms with Crippen molar-refractivity contribution < 1.29 is 30.6 Å². The van der Waals surface area contributed by atoms with E-state index in [9.17, 15) is 17.6 Å². The Bertz CT molecular complexity index is 1320. The summed E-state index contributed by atoms with van der Waals surface area (Å²) in [6, 6.07) is 2.53. The molecular weight excluding hydrogens is 404 g/mol. The van der Waals surface area contributed by atoms with Crippen LogP contribution in [0.25, 0.3) is 5.65 Å². The van der Waals surface area contributed by atoms with Gasteiger partial charge in [-0.15, -0.1) is 0 Å². The highest BCUT2D eigenvalue weighted by Gasteiger charge is 2.35. The van der Waals surface area contributed by atoms with Crippen LogP contribution < -0.4 is 10.8 Å². The van der Waals surface area contributed by atoms with Crippen molar-refractivity contribution in [3.63, 3.8) is 0 Å². The highest BCUT2D eigenvalue weighted by atomic mass is 19.4. The second kappa shape index (κ2) is 6.94. The number of nitrogens with zero attached hydrogens (tertiary/aromatic N) is 4. The van der Waals surface area contributed by atoms with E-state index in [1.807, 2.05) is 0 Å². The molecule has 30 heavy (non-hydrogen) atoms. The summed E-state index contributed by atoms with van der Waals surface area (Å²) in [7, 11) is 0. The number of alkyl halides is 3. The Morgan fingerprint density at radius 1 is 1.30 bits per heavy atom. The number of hydrogen-bond acceptors (Lipinski definition) is 6. The number of hydrogen-bond donors (Lipinski definition) is 2. The van der Waals surface area contributed by atoms with Crippen LogP contribution in [0.15, 0.2) is 41.7 Å². The molecule has 0 saturated heterocycles. The van der Waals surface area contributed by atoms with Gasteiger partial charge < -0.3 is 5.32 Å². The van der Waals surface area contributed by atoms with Gasteiger partial charge in [0, 0.05) is 14.4 Å². The third-order valence-electron chi connectivity index (χ3n) is 4.34. The highest BCUT2D eigenvalue weighted by molar-refractivity contribution is 6.03. The summed E-state index contributed by atoms with van der Waals surface area (Å²) in [4.78, 5) is 13.1. The van der Waals surface area contributed by atoms with Gasteiger partial charge in [0.25, 0.3) is 0 Å². The van der Waals surface area contributed by atoms with E-state index in [0.717, 1.165) is 12.1 Å². The van der Waals surface area contributed by atoms with Gasteiger partial charge in [-0.25, -0.2) is 29.2 Å². The van der Waals surface area contributed by atoms with Crippen molar-refractivity contribution in [2.24, 2.45) is 4.99 Å². The Balaban J connectivity index is 1.71. The van der Waals surface area contributed by atoms with Gasteiger partial charge in [-0.1, -0.05) is 0 Å². The Morgan fingerprint density at radius 2 is 2.10 bits per heavy atom. The number of anilines is 1. The minimum Gasteiger partial charge on any atom is -0.363 e. The lowest BCUT2D eigenvalue weighted by atomic mass is 10.0. The fourth-order valence-corrected chi connectivity index (χ4v) is 3.01. The van der Waals surface area contributed by atoms with Crippen molar-refractivity contribution in [3.8, 4) is 0 Å². The standard InChI is InChI=1S/C19H18F4N6O/c1-10(12-8-11(20)4-5-14(12)19(21,22)23)25-15-6-7-29-17(26-15)13(9-24-29)16-27-18(2,3)30-28-16/h4-10H,1-3H3,(H,25,26)(H,27,28)/t10-/m1/s1/i2D3,3D3. The number of hydroxylamine groups is 1. The first-order valence-corrected chi connectivity index (χ1v) is 8.55. The summed E-state index contributed by atoms with van der Waals surface area (Å²) in [5, 5.41) is 6.81. The van der Waals surface area contributed by atoms with E-state index in [1.54, 1.807) is 0 Å². The molecule has 2 N–H and O–H groups in total. The van der Waals surface area contributed by atoms with Gasteiger partial charge in [0.2, 0.25) is 0 Å². The molecule has 0 radical (unpaired) electrons. The summed E-state index contributed by atoms with van der Waals surface area (Å²) in [5.41, 5.74) is -1.87. The van der Waals surface area contributed by atoms with Crippen molar-refractivity contribution in [2.45, 2.75) is 38.6 Å². The SMILES string of the molecule is [2H]C([2H])([2H])C1(C([2H])([2H])[2H])N=C(c2cnn3ccc(N[C@H](C)c4cc(F)ccc4C(F)(F)F)nc23)NO1. The highest BCUT2D eigenvalue weighted by Crippen LogP contribution is 2.36. The molecule has 0 aliphatic carbocycles. The molecule has 11 heteroatoms. The maximum absolute atomic E-state index is 13.7. The second-order valence-electron chi connectivity index (χ2n) is 6.54. The van der Waals surface area contributed by atoms with Crippen LogP contribution in [0.4, 0.5) is 23.4 Å². The smallest absolute Gasteiger partial charge is 0.363 e. The maximum atomic E-state index is 13.7. The molecular formula is C19H18F4N6O. The molecule has 4 rings (SSSR count). The number of nitrogens with one attached hydrogen (secondary N) is 2. The molecule has 7 nitrogen and oxygen atoms in total. The molecule has 1 aromatic carbocycles. The first-order chi connectivity index (χ1) is 16.5. The summed E-state index contributed by atoms with van der Waals surface area (Å²) >= 11 is 0. The number of aliphatic imine (C=N–C) groups is 1. The topological polar surface area (TPSA) is 75.8 Å². The Hall–Kier alpha value is -3.21. The van der Waals surface area contributed by atoms with E-state index in [1.165, 1.54) is 29.9 Å². The zero-order chi connectivity index (χ0) is 26.7. The van der Waals surface area contributed by atoms with Gasteiger partial charge in [0.05, 0.1) is 23.4 Å². The fourth-order valence-electron chi connectivity index (χ4n) is 3.01. The maximum Gasteiger partial charge on any atom is 0.416 e. The van der Waals surface area contributed by atoms with Crippen LogP contribution in [-0.2, 0) is 11.0 Å². The van der Waals surface area contributed by atoms with Crippen LogP contribution in [0, 0.1) is 5.82 Å². The molecule has 2 aromatic heterocycles. The summed E-state index contributed by atoms with van der Waals surface area (Å²) < 4.78 is 101. The van der Waals surface area contributed by atoms with Gasteiger partial charge in [0.15, 0.2) is 17.2 Å². The van der Waals surface area contributed by atoms with E-state index in [-0.39, 0.29) is 28.4 Å². The lowest BCUT2D eigenvalue weighted by molar-refractivity contribution is -0.138. The summed E-state index contributed by atoms with van der Waals surface area (Å²) in [5.74, 6) is -1.03. The van der Waals surface area contributed by atoms with Gasteiger partial charge in [-0.2, -0.15) is 18.3 Å². The second-order valence-corrected chi connectivity index (χ2v) is 6.54. The average Bonchev–Trinajstić information content (AvgIpc) is 3.37. The molecule has 0 bridgehead atoms. The van der Waals surface area contributed by atoms with Crippen LogP contribution in [0.2, 0.25) is 0 Å². The monoisotopic (exact) mass is 428 g/mol. The van der Waals surface area contributed by atoms with Crippen molar-refractivity contribution >= 4 is 17.3 Å². The van der Waals surface area contributed by atoms with E-state index in [0.29, 0.717) is 6.07 Å². The molecule has 0 saturated carbocycles. The largest absolute Gasteiger partial charge is 0.416 e. The van der Waals surface area contributed by atoms with Gasteiger partial charge in [-0.05, 0) is 50.5 Å². The number of benzene rings is 1. The molecule has 1 atom stereocenters. The first kappa shape index (κ1) is 13.9. The van der Waals surface area contributed by atoms with Crippen LogP contribution in [0.3, 0.4) is 0 Å². The van der Waals surface area contributed by atoms with Crippen LogP contribution in [0.5, 0.6) is 0 Å². The minimum absolute atomic E-state index is 0.0595. The lowest BCUT2D eigenvalue weighted by Crippen LogP contribution is -2.23. The van der Waals surface area contributed by atoms with E-state index < -0.39 is 43.0 Å². The first-order valence-electron chi connectivity index (χ1n) is 11.6. The average molecular weight is 428 g/mol. The van der Waals surface area contributed by atoms with Crippen molar-refractivity contribution in [1.29, 1.82) is 0 Å². The predicted molar refractivity (Wildman–Crippen MR) is 101 cm³/mol. The van der Waals surface area contributed by atoms with E-state index in [2.05, 4.69) is 25.9 Å². The number of rotatable bonds is 4. The molecule has 0 amide bonds. The minimum atomic E-state index is -4.71. The summed E-state index contributed by atoms with van der Waals surface area (Å²) in [6.07, 6.45) is -2.07. The molecule has 3 aromatic rings. The summed E-state index contributed by atoms with van der Waals surface area (Å²) in [6.45, 7) is -4.93. The van der Waals surface area contributed by atoms with Gasteiger partial charge >= 0.3 is 6.18 Å². The quantitative estimate of drug-likeness (QED) is 0.613. The molecule has 0 spiro atoms. The Labute approximate surface area is 177 Å². The molecule has 1 aliphatic rings. The normalized spacial score (nSPS) is 20.8. The Morgan fingerprint density at radius 3 is 2.80 bits per heavy atom. The zero-order valence-corrected chi connectivity index (χ0v) is 15.3. The predicted octanol–water partition coefficient (Wildman–Crippen LogP) is 4.08. The van der Waals surface area contributed by atoms with E-state index >= 15 is 0 Å². The van der Waals surface area contributed by atoms with Crippen LogP contribution in [-0.4, -0.2) is 26.2 Å². The number of halogens is 4. The van der Waals surface area contributed by atoms with Crippen LogP contribution in [0.1, 0.15) is 51.6 Å². The molecule has 158 valence electrons. The van der Waals surface area contributed by atoms with Gasteiger partial charge in [0.1, 0.15) is 11.6 Å². The number of aromatic nitrogens is 3. The lowest BCUT2D eigenvalue weighted by Gasteiger charge is -2.20. The van der Waals surface area contributed by atoms with Gasteiger partial charge in [-0.3, -0.25) is 0 Å². The third kappa shape index (κ3) is 3.80. The van der Waals surface area contributed by atoms with Crippen molar-refractivity contribution in [1.82, 2.24) is 20.1 Å². The van der Waals surface area contributed by atoms with Crippen molar-refractivity contribution in [2.75, 3.05) is 5.32 Å².